The smallest absolute Gasteiger partial charge is 0.246 e. The number of aromatic nitrogens is 2. The number of hydrogen-bond acceptors (Lipinski definition) is 6. The molecule has 0 aromatic carbocycles. The minimum Gasteiger partial charge on any atom is -0.463 e. The normalized spacial score (nSPS) is 11.7. The fraction of sp³-hybridized carbons (Fsp3) is 0.200. The predicted octanol–water partition coefficient (Wildman–Crippen LogP) is 2.42. The van der Waals surface area contributed by atoms with Gasteiger partial charge in [-0.05, 0) is 43.7 Å². The van der Waals surface area contributed by atoms with E-state index in [1.165, 1.54) is 0 Å². The molecule has 0 amide bonds. The van der Waals surface area contributed by atoms with Gasteiger partial charge in [0.05, 0.1) is 6.26 Å². The van der Waals surface area contributed by atoms with E-state index in [0.29, 0.717) is 17.1 Å². The molecule has 0 aliphatic carbocycles. The second kappa shape index (κ2) is 5.98. The van der Waals surface area contributed by atoms with E-state index < -0.39 is 10.0 Å². The molecule has 0 saturated heterocycles. The van der Waals surface area contributed by atoms with Crippen molar-refractivity contribution >= 4 is 10.0 Å². The maximum Gasteiger partial charge on any atom is 0.246 e. The summed E-state index contributed by atoms with van der Waals surface area (Å²) in [6, 6.07) is 7.07. The maximum atomic E-state index is 12.4. The lowest BCUT2D eigenvalue weighted by atomic mass is 10.2. The second-order valence-electron chi connectivity index (χ2n) is 5.00. The molecule has 0 radical (unpaired) electrons. The van der Waals surface area contributed by atoms with Gasteiger partial charge >= 0.3 is 0 Å². The van der Waals surface area contributed by atoms with Crippen LogP contribution in [0.1, 0.15) is 17.0 Å². The summed E-state index contributed by atoms with van der Waals surface area (Å²) in [5, 5.41) is 3.67. The van der Waals surface area contributed by atoms with Crippen LogP contribution in [0.2, 0.25) is 0 Å². The Labute approximate surface area is 133 Å². The van der Waals surface area contributed by atoms with Gasteiger partial charge in [-0.25, -0.2) is 13.1 Å². The SMILES string of the molecule is Cc1noc(C)c1S(=O)(=O)NCc1ccnc(-c2ccco2)c1. The van der Waals surface area contributed by atoms with Crippen molar-refractivity contribution in [2.75, 3.05) is 0 Å². The van der Waals surface area contributed by atoms with Gasteiger partial charge < -0.3 is 8.94 Å². The molecule has 0 aliphatic rings. The lowest BCUT2D eigenvalue weighted by Gasteiger charge is -2.07. The summed E-state index contributed by atoms with van der Waals surface area (Å²) < 4.78 is 37.5. The number of pyridine rings is 1. The van der Waals surface area contributed by atoms with Crippen LogP contribution in [-0.2, 0) is 16.6 Å². The van der Waals surface area contributed by atoms with Gasteiger partial charge in [-0.2, -0.15) is 0 Å². The highest BCUT2D eigenvalue weighted by Crippen LogP contribution is 2.20. The van der Waals surface area contributed by atoms with E-state index in [1.807, 2.05) is 0 Å². The molecule has 3 heterocycles. The van der Waals surface area contributed by atoms with Gasteiger partial charge in [-0.3, -0.25) is 4.98 Å². The standard InChI is InChI=1S/C15H15N3O4S/c1-10-15(11(2)22-18-10)23(19,20)17-9-12-5-6-16-13(8-12)14-4-3-7-21-14/h3-8,17H,9H2,1-2H3. The summed E-state index contributed by atoms with van der Waals surface area (Å²) in [7, 11) is -3.69. The van der Waals surface area contributed by atoms with Gasteiger partial charge in [0.2, 0.25) is 10.0 Å². The molecular weight excluding hydrogens is 318 g/mol. The third kappa shape index (κ3) is 3.17. The number of furan rings is 1. The minimum absolute atomic E-state index is 0.0813. The highest BCUT2D eigenvalue weighted by Gasteiger charge is 2.23. The Morgan fingerprint density at radius 1 is 1.26 bits per heavy atom. The van der Waals surface area contributed by atoms with E-state index in [0.717, 1.165) is 5.56 Å². The Kier molecular flexibility index (Phi) is 4.01. The minimum atomic E-state index is -3.69. The lowest BCUT2D eigenvalue weighted by Crippen LogP contribution is -2.24. The van der Waals surface area contributed by atoms with Crippen molar-refractivity contribution in [1.82, 2.24) is 14.9 Å². The fourth-order valence-corrected chi connectivity index (χ4v) is 3.59. The number of rotatable bonds is 5. The van der Waals surface area contributed by atoms with Crippen molar-refractivity contribution in [2.45, 2.75) is 25.3 Å². The Bertz CT molecular complexity index is 895. The summed E-state index contributed by atoms with van der Waals surface area (Å²) in [5.74, 6) is 0.890. The third-order valence-corrected chi connectivity index (χ3v) is 4.95. The van der Waals surface area contributed by atoms with Crippen molar-refractivity contribution < 1.29 is 17.4 Å². The number of aryl methyl sites for hydroxylation is 2. The third-order valence-electron chi connectivity index (χ3n) is 3.30. The van der Waals surface area contributed by atoms with Gasteiger partial charge in [0.25, 0.3) is 0 Å². The average molecular weight is 333 g/mol. The van der Waals surface area contributed by atoms with Crippen LogP contribution in [0.25, 0.3) is 11.5 Å². The molecule has 8 heteroatoms. The molecule has 23 heavy (non-hydrogen) atoms. The van der Waals surface area contributed by atoms with Crippen molar-refractivity contribution in [3.63, 3.8) is 0 Å². The molecule has 3 aromatic heterocycles. The summed E-state index contributed by atoms with van der Waals surface area (Å²) in [6.07, 6.45) is 3.17. The Morgan fingerprint density at radius 2 is 2.09 bits per heavy atom. The summed E-state index contributed by atoms with van der Waals surface area (Å²) in [6.45, 7) is 3.28. The molecule has 3 aromatic rings. The molecule has 0 bridgehead atoms. The van der Waals surface area contributed by atoms with Crippen LogP contribution in [0.4, 0.5) is 0 Å². The summed E-state index contributed by atoms with van der Waals surface area (Å²) >= 11 is 0. The van der Waals surface area contributed by atoms with Crippen LogP contribution in [0.5, 0.6) is 0 Å². The molecule has 7 nitrogen and oxygen atoms in total. The van der Waals surface area contributed by atoms with Crippen molar-refractivity contribution in [1.29, 1.82) is 0 Å². The molecule has 3 rings (SSSR count). The zero-order valence-electron chi connectivity index (χ0n) is 12.6. The fourth-order valence-electron chi connectivity index (χ4n) is 2.25. The first-order valence-corrected chi connectivity index (χ1v) is 8.37. The number of nitrogens with one attached hydrogen (secondary N) is 1. The largest absolute Gasteiger partial charge is 0.463 e. The first kappa shape index (κ1) is 15.4. The van der Waals surface area contributed by atoms with Gasteiger partial charge in [0.1, 0.15) is 16.3 Å². The Morgan fingerprint density at radius 3 is 2.74 bits per heavy atom. The topological polar surface area (TPSA) is 98.2 Å². The second-order valence-corrected chi connectivity index (χ2v) is 6.71. The molecule has 0 unspecified atom stereocenters. The average Bonchev–Trinajstić information content (AvgIpc) is 3.16. The molecule has 1 N–H and O–H groups in total. The van der Waals surface area contributed by atoms with Gasteiger partial charge in [-0.15, -0.1) is 0 Å². The number of nitrogens with zero attached hydrogens (tertiary/aromatic N) is 2. The quantitative estimate of drug-likeness (QED) is 0.770. The molecule has 0 saturated carbocycles. The van der Waals surface area contributed by atoms with Crippen molar-refractivity contribution in [2.24, 2.45) is 0 Å². The first-order valence-electron chi connectivity index (χ1n) is 6.89. The lowest BCUT2D eigenvalue weighted by molar-refractivity contribution is 0.390. The Hall–Kier alpha value is -2.45. The van der Waals surface area contributed by atoms with E-state index in [1.54, 1.807) is 50.6 Å². The zero-order valence-corrected chi connectivity index (χ0v) is 13.4. The van der Waals surface area contributed by atoms with Crippen molar-refractivity contribution in [3.8, 4) is 11.5 Å². The zero-order chi connectivity index (χ0) is 16.4. The van der Waals surface area contributed by atoms with E-state index in [4.69, 9.17) is 8.94 Å². The van der Waals surface area contributed by atoms with E-state index in [-0.39, 0.29) is 17.2 Å². The Balaban J connectivity index is 1.80. The van der Waals surface area contributed by atoms with Gasteiger partial charge in [-0.1, -0.05) is 5.16 Å². The summed E-state index contributed by atoms with van der Waals surface area (Å²) in [5.41, 5.74) is 1.74. The van der Waals surface area contributed by atoms with Gasteiger partial charge in [0, 0.05) is 12.7 Å². The van der Waals surface area contributed by atoms with Crippen molar-refractivity contribution in [3.05, 3.63) is 53.7 Å². The number of hydrogen-bond donors (Lipinski definition) is 1. The first-order chi connectivity index (χ1) is 11.0. The van der Waals surface area contributed by atoms with Crippen LogP contribution < -0.4 is 4.72 Å². The van der Waals surface area contributed by atoms with Crippen LogP contribution in [0.15, 0.2) is 50.6 Å². The van der Waals surface area contributed by atoms with E-state index in [9.17, 15) is 8.42 Å². The molecule has 120 valence electrons. The molecule has 0 atom stereocenters. The molecule has 0 spiro atoms. The highest BCUT2D eigenvalue weighted by molar-refractivity contribution is 7.89. The molecular formula is C15H15N3O4S. The van der Waals surface area contributed by atoms with Crippen LogP contribution in [0, 0.1) is 13.8 Å². The number of sulfonamides is 1. The van der Waals surface area contributed by atoms with Gasteiger partial charge in [0.15, 0.2) is 11.5 Å². The van der Waals surface area contributed by atoms with Crippen LogP contribution >= 0.6 is 0 Å². The van der Waals surface area contributed by atoms with Crippen LogP contribution in [0.3, 0.4) is 0 Å². The summed E-state index contributed by atoms with van der Waals surface area (Å²) in [4.78, 5) is 4.29. The molecule has 0 aliphatic heterocycles. The maximum absolute atomic E-state index is 12.4. The highest BCUT2D eigenvalue weighted by atomic mass is 32.2. The predicted molar refractivity (Wildman–Crippen MR) is 81.9 cm³/mol. The monoisotopic (exact) mass is 333 g/mol. The van der Waals surface area contributed by atoms with Crippen LogP contribution in [-0.4, -0.2) is 18.6 Å². The van der Waals surface area contributed by atoms with E-state index >= 15 is 0 Å². The van der Waals surface area contributed by atoms with E-state index in [2.05, 4.69) is 14.9 Å². The molecule has 0 fully saturated rings.